The maximum Gasteiger partial charge on any atom is 0.323 e. The van der Waals surface area contributed by atoms with Crippen LogP contribution in [0, 0.1) is 0 Å². The lowest BCUT2D eigenvalue weighted by molar-refractivity contribution is -0.144. The second-order valence-electron chi connectivity index (χ2n) is 4.53. The molecule has 0 aromatic carbocycles. The molecule has 0 radical (unpaired) electrons. The normalized spacial score (nSPS) is 33.7. The summed E-state index contributed by atoms with van der Waals surface area (Å²) in [5, 5.41) is 10.1. The van der Waals surface area contributed by atoms with E-state index < -0.39 is 11.5 Å². The highest BCUT2D eigenvalue weighted by Crippen LogP contribution is 2.36. The van der Waals surface area contributed by atoms with Gasteiger partial charge in [-0.3, -0.25) is 4.79 Å². The first kappa shape index (κ1) is 12.8. The fourth-order valence-corrected chi connectivity index (χ4v) is 3.54. The number of carboxylic acids is 1. The summed E-state index contributed by atoms with van der Waals surface area (Å²) in [5.41, 5.74) is 4.93. The number of rotatable bonds is 4. The Morgan fingerprint density at radius 1 is 1.73 bits per heavy atom. The van der Waals surface area contributed by atoms with Crippen molar-refractivity contribution in [1.82, 2.24) is 0 Å². The molecule has 1 rings (SSSR count). The Hall–Kier alpha value is -0.220. The van der Waals surface area contributed by atoms with E-state index in [9.17, 15) is 4.79 Å². The Bertz CT molecular complexity index is 235. The van der Waals surface area contributed by atoms with Crippen molar-refractivity contribution in [2.24, 2.45) is 5.73 Å². The zero-order chi connectivity index (χ0) is 11.5. The third kappa shape index (κ3) is 3.38. The SMILES string of the molecule is CCC(C)SC1CCCC(N)(C(=O)O)C1. The number of carboxylic acid groups (broad SMARTS) is 1. The first-order valence-electron chi connectivity index (χ1n) is 5.65. The van der Waals surface area contributed by atoms with Gasteiger partial charge in [-0.25, -0.2) is 0 Å². The lowest BCUT2D eigenvalue weighted by Gasteiger charge is -2.35. The second kappa shape index (κ2) is 5.21. The van der Waals surface area contributed by atoms with E-state index in [1.54, 1.807) is 0 Å². The van der Waals surface area contributed by atoms with Crippen molar-refractivity contribution < 1.29 is 9.90 Å². The molecule has 0 bridgehead atoms. The number of aliphatic carboxylic acids is 1. The van der Waals surface area contributed by atoms with Crippen LogP contribution in [0.2, 0.25) is 0 Å². The summed E-state index contributed by atoms with van der Waals surface area (Å²) in [6, 6.07) is 0. The molecule has 0 saturated heterocycles. The fraction of sp³-hybridized carbons (Fsp3) is 0.909. The number of nitrogens with two attached hydrogens (primary N) is 1. The van der Waals surface area contributed by atoms with E-state index in [1.807, 2.05) is 11.8 Å². The van der Waals surface area contributed by atoms with E-state index in [0.29, 0.717) is 23.3 Å². The van der Waals surface area contributed by atoms with E-state index in [2.05, 4.69) is 13.8 Å². The van der Waals surface area contributed by atoms with Crippen LogP contribution in [0.1, 0.15) is 46.0 Å². The highest BCUT2D eigenvalue weighted by molar-refractivity contribution is 8.00. The van der Waals surface area contributed by atoms with Gasteiger partial charge in [0.15, 0.2) is 0 Å². The predicted molar refractivity (Wildman–Crippen MR) is 64.2 cm³/mol. The van der Waals surface area contributed by atoms with Gasteiger partial charge in [0.1, 0.15) is 5.54 Å². The number of carbonyl (C=O) groups is 1. The summed E-state index contributed by atoms with van der Waals surface area (Å²) >= 11 is 1.90. The molecule has 15 heavy (non-hydrogen) atoms. The number of hydrogen-bond acceptors (Lipinski definition) is 3. The van der Waals surface area contributed by atoms with Crippen molar-refractivity contribution >= 4 is 17.7 Å². The molecule has 3 N–H and O–H groups in total. The molecular weight excluding hydrogens is 210 g/mol. The Morgan fingerprint density at radius 2 is 2.40 bits per heavy atom. The van der Waals surface area contributed by atoms with Gasteiger partial charge in [-0.05, 0) is 32.1 Å². The Labute approximate surface area is 95.8 Å². The Balaban J connectivity index is 2.52. The Morgan fingerprint density at radius 3 is 2.93 bits per heavy atom. The number of hydrogen-bond donors (Lipinski definition) is 2. The molecule has 88 valence electrons. The summed E-state index contributed by atoms with van der Waals surface area (Å²) in [6.45, 7) is 4.35. The fourth-order valence-electron chi connectivity index (χ4n) is 1.99. The van der Waals surface area contributed by atoms with E-state index >= 15 is 0 Å². The predicted octanol–water partition coefficient (Wildman–Crippen LogP) is 2.24. The van der Waals surface area contributed by atoms with Crippen molar-refractivity contribution in [3.63, 3.8) is 0 Å². The third-order valence-electron chi connectivity index (χ3n) is 3.17. The quantitative estimate of drug-likeness (QED) is 0.779. The van der Waals surface area contributed by atoms with Gasteiger partial charge < -0.3 is 10.8 Å². The highest BCUT2D eigenvalue weighted by atomic mass is 32.2. The standard InChI is InChI=1S/C11H21NO2S/c1-3-8(2)15-9-5-4-6-11(12,7-9)10(13)14/h8-9H,3-7,12H2,1-2H3,(H,13,14). The minimum atomic E-state index is -0.969. The van der Waals surface area contributed by atoms with E-state index in [1.165, 1.54) is 0 Å². The van der Waals surface area contributed by atoms with Crippen molar-refractivity contribution in [3.8, 4) is 0 Å². The van der Waals surface area contributed by atoms with Gasteiger partial charge in [0.25, 0.3) is 0 Å². The molecule has 0 heterocycles. The van der Waals surface area contributed by atoms with Crippen LogP contribution in [0.25, 0.3) is 0 Å². The van der Waals surface area contributed by atoms with Crippen LogP contribution in [0.4, 0.5) is 0 Å². The van der Waals surface area contributed by atoms with E-state index in [-0.39, 0.29) is 0 Å². The van der Waals surface area contributed by atoms with Gasteiger partial charge in [0.05, 0.1) is 0 Å². The van der Waals surface area contributed by atoms with Gasteiger partial charge >= 0.3 is 5.97 Å². The molecule has 3 nitrogen and oxygen atoms in total. The molecule has 3 unspecified atom stereocenters. The molecule has 1 saturated carbocycles. The van der Waals surface area contributed by atoms with Gasteiger partial charge in [-0.15, -0.1) is 0 Å². The minimum Gasteiger partial charge on any atom is -0.480 e. The molecule has 0 aromatic rings. The molecule has 0 aliphatic heterocycles. The summed E-state index contributed by atoms with van der Waals surface area (Å²) in [6.07, 6.45) is 4.43. The van der Waals surface area contributed by atoms with Crippen molar-refractivity contribution in [1.29, 1.82) is 0 Å². The average molecular weight is 231 g/mol. The molecule has 1 aliphatic carbocycles. The van der Waals surface area contributed by atoms with Crippen molar-refractivity contribution in [3.05, 3.63) is 0 Å². The smallest absolute Gasteiger partial charge is 0.323 e. The monoisotopic (exact) mass is 231 g/mol. The molecule has 1 fully saturated rings. The van der Waals surface area contributed by atoms with Gasteiger partial charge in [-0.2, -0.15) is 11.8 Å². The maximum absolute atomic E-state index is 11.0. The van der Waals surface area contributed by atoms with Crippen molar-refractivity contribution in [2.75, 3.05) is 0 Å². The largest absolute Gasteiger partial charge is 0.480 e. The molecule has 0 aromatic heterocycles. The van der Waals surface area contributed by atoms with Crippen LogP contribution in [0.15, 0.2) is 0 Å². The van der Waals surface area contributed by atoms with Gasteiger partial charge in [-0.1, -0.05) is 13.8 Å². The molecule has 1 aliphatic rings. The zero-order valence-electron chi connectivity index (χ0n) is 9.53. The summed E-state index contributed by atoms with van der Waals surface area (Å²) in [5.74, 6) is -0.836. The van der Waals surface area contributed by atoms with Gasteiger partial charge in [0.2, 0.25) is 0 Å². The van der Waals surface area contributed by atoms with Crippen LogP contribution in [0.5, 0.6) is 0 Å². The molecular formula is C11H21NO2S. The highest BCUT2D eigenvalue weighted by Gasteiger charge is 2.39. The van der Waals surface area contributed by atoms with Crippen LogP contribution < -0.4 is 5.73 Å². The van der Waals surface area contributed by atoms with Crippen molar-refractivity contribution in [2.45, 2.75) is 62.0 Å². The average Bonchev–Trinajstić information content (AvgIpc) is 2.17. The number of thioether (sulfide) groups is 1. The molecule has 3 atom stereocenters. The maximum atomic E-state index is 11.0. The lowest BCUT2D eigenvalue weighted by atomic mass is 9.82. The van der Waals surface area contributed by atoms with E-state index in [0.717, 1.165) is 19.3 Å². The molecule has 0 amide bonds. The lowest BCUT2D eigenvalue weighted by Crippen LogP contribution is -2.52. The van der Waals surface area contributed by atoms with Crippen LogP contribution in [-0.2, 0) is 4.79 Å². The summed E-state index contributed by atoms with van der Waals surface area (Å²) in [7, 11) is 0. The second-order valence-corrected chi connectivity index (χ2v) is 6.28. The summed E-state index contributed by atoms with van der Waals surface area (Å²) in [4.78, 5) is 11.0. The third-order valence-corrected chi connectivity index (χ3v) is 4.75. The minimum absolute atomic E-state index is 0.426. The molecule has 4 heteroatoms. The molecule has 0 spiro atoms. The first-order valence-corrected chi connectivity index (χ1v) is 6.60. The Kier molecular flexibility index (Phi) is 4.46. The summed E-state index contributed by atoms with van der Waals surface area (Å²) < 4.78 is 0. The van der Waals surface area contributed by atoms with Crippen LogP contribution >= 0.6 is 11.8 Å². The topological polar surface area (TPSA) is 63.3 Å². The van der Waals surface area contributed by atoms with Gasteiger partial charge in [0, 0.05) is 10.5 Å². The zero-order valence-corrected chi connectivity index (χ0v) is 10.3. The van der Waals surface area contributed by atoms with Crippen LogP contribution in [0.3, 0.4) is 0 Å². The van der Waals surface area contributed by atoms with Crippen LogP contribution in [-0.4, -0.2) is 27.1 Å². The first-order chi connectivity index (χ1) is 6.98. The van der Waals surface area contributed by atoms with E-state index in [4.69, 9.17) is 10.8 Å².